The summed E-state index contributed by atoms with van der Waals surface area (Å²) >= 11 is 0. The lowest BCUT2D eigenvalue weighted by Gasteiger charge is -2.07. The van der Waals surface area contributed by atoms with Crippen LogP contribution in [-0.4, -0.2) is 21.4 Å². The lowest BCUT2D eigenvalue weighted by atomic mass is 10.2. The van der Waals surface area contributed by atoms with Crippen molar-refractivity contribution in [3.8, 4) is 5.75 Å². The molecule has 0 saturated heterocycles. The molecule has 2 aromatic rings. The van der Waals surface area contributed by atoms with Crippen molar-refractivity contribution in [2.45, 2.75) is 6.92 Å². The van der Waals surface area contributed by atoms with Gasteiger partial charge in [0, 0.05) is 24.9 Å². The van der Waals surface area contributed by atoms with Crippen LogP contribution in [0.5, 0.6) is 5.75 Å². The fraction of sp³-hybridized carbons (Fsp3) is 0.143. The Morgan fingerprint density at radius 3 is 2.55 bits per heavy atom. The standard InChI is InChI=1S/C14H13FN2O3/c1-8(18)9-5-13(17(2)7-9)14(20)16-12-4-3-10(19)6-11(12)15/h3-7,19H,1-2H3,(H,16,20). The summed E-state index contributed by atoms with van der Waals surface area (Å²) in [5.41, 5.74) is 0.602. The third-order valence-corrected chi connectivity index (χ3v) is 2.84. The minimum absolute atomic E-state index is 0.0432. The first-order valence-corrected chi connectivity index (χ1v) is 5.85. The maximum absolute atomic E-state index is 13.5. The number of phenols is 1. The first-order valence-electron chi connectivity index (χ1n) is 5.85. The maximum atomic E-state index is 13.5. The van der Waals surface area contributed by atoms with Crippen molar-refractivity contribution < 1.29 is 19.1 Å². The van der Waals surface area contributed by atoms with Crippen LogP contribution in [0.3, 0.4) is 0 Å². The summed E-state index contributed by atoms with van der Waals surface area (Å²) in [6.45, 7) is 1.40. The van der Waals surface area contributed by atoms with Crippen LogP contribution in [0.1, 0.15) is 27.8 Å². The molecule has 0 atom stereocenters. The SMILES string of the molecule is CC(=O)c1cc(C(=O)Nc2ccc(O)cc2F)n(C)c1. The highest BCUT2D eigenvalue weighted by Crippen LogP contribution is 2.20. The van der Waals surface area contributed by atoms with E-state index in [0.29, 0.717) is 5.56 Å². The Balaban J connectivity index is 2.26. The van der Waals surface area contributed by atoms with Gasteiger partial charge in [0.15, 0.2) is 5.78 Å². The molecule has 0 bridgehead atoms. The van der Waals surface area contributed by atoms with Crippen LogP contribution in [0.15, 0.2) is 30.5 Å². The number of carbonyl (C=O) groups is 2. The molecular formula is C14H13FN2O3. The highest BCUT2D eigenvalue weighted by Gasteiger charge is 2.15. The summed E-state index contributed by atoms with van der Waals surface area (Å²) in [4.78, 5) is 23.3. The van der Waals surface area contributed by atoms with Crippen molar-refractivity contribution in [2.24, 2.45) is 7.05 Å². The second kappa shape index (κ2) is 5.16. The number of hydrogen-bond donors (Lipinski definition) is 2. The van der Waals surface area contributed by atoms with Crippen molar-refractivity contribution in [1.29, 1.82) is 0 Å². The number of ketones is 1. The Morgan fingerprint density at radius 1 is 1.30 bits per heavy atom. The number of nitrogens with one attached hydrogen (secondary N) is 1. The van der Waals surface area contributed by atoms with Crippen molar-refractivity contribution >= 4 is 17.4 Å². The molecule has 1 aromatic carbocycles. The molecule has 2 rings (SSSR count). The molecule has 2 N–H and O–H groups in total. The van der Waals surface area contributed by atoms with Crippen LogP contribution < -0.4 is 5.32 Å². The minimum Gasteiger partial charge on any atom is -0.508 e. The smallest absolute Gasteiger partial charge is 0.272 e. The lowest BCUT2D eigenvalue weighted by molar-refractivity contribution is 0.101. The Labute approximate surface area is 114 Å². The largest absolute Gasteiger partial charge is 0.508 e. The summed E-state index contributed by atoms with van der Waals surface area (Å²) in [7, 11) is 1.62. The van der Waals surface area contributed by atoms with Gasteiger partial charge in [-0.05, 0) is 25.1 Å². The third-order valence-electron chi connectivity index (χ3n) is 2.84. The predicted molar refractivity (Wildman–Crippen MR) is 71.4 cm³/mol. The van der Waals surface area contributed by atoms with Gasteiger partial charge in [0.05, 0.1) is 5.69 Å². The van der Waals surface area contributed by atoms with Crippen molar-refractivity contribution in [2.75, 3.05) is 5.32 Å². The van der Waals surface area contributed by atoms with Crippen LogP contribution in [0.2, 0.25) is 0 Å². The van der Waals surface area contributed by atoms with E-state index in [9.17, 15) is 14.0 Å². The second-order valence-corrected chi connectivity index (χ2v) is 4.40. The number of amides is 1. The zero-order valence-electron chi connectivity index (χ0n) is 11.0. The number of anilines is 1. The maximum Gasteiger partial charge on any atom is 0.272 e. The second-order valence-electron chi connectivity index (χ2n) is 4.40. The molecule has 0 unspecified atom stereocenters. The van der Waals surface area contributed by atoms with E-state index in [0.717, 1.165) is 6.07 Å². The van der Waals surface area contributed by atoms with E-state index in [1.54, 1.807) is 7.05 Å². The van der Waals surface area contributed by atoms with E-state index in [-0.39, 0.29) is 22.9 Å². The Bertz CT molecular complexity index is 692. The van der Waals surface area contributed by atoms with Gasteiger partial charge in [0.25, 0.3) is 5.91 Å². The van der Waals surface area contributed by atoms with Crippen molar-refractivity contribution in [3.05, 3.63) is 47.5 Å². The van der Waals surface area contributed by atoms with E-state index in [1.165, 1.54) is 35.9 Å². The molecule has 0 aliphatic carbocycles. The molecule has 1 amide bonds. The zero-order valence-corrected chi connectivity index (χ0v) is 11.0. The number of nitrogens with zero attached hydrogens (tertiary/aromatic N) is 1. The molecule has 6 heteroatoms. The number of aromatic hydroxyl groups is 1. The van der Waals surface area contributed by atoms with Crippen LogP contribution >= 0.6 is 0 Å². The molecule has 20 heavy (non-hydrogen) atoms. The fourth-order valence-electron chi connectivity index (χ4n) is 1.77. The van der Waals surface area contributed by atoms with E-state index in [1.807, 2.05) is 0 Å². The van der Waals surface area contributed by atoms with Gasteiger partial charge in [0.1, 0.15) is 17.3 Å². The van der Waals surface area contributed by atoms with Gasteiger partial charge >= 0.3 is 0 Å². The first kappa shape index (κ1) is 13.8. The lowest BCUT2D eigenvalue weighted by Crippen LogP contribution is -2.16. The summed E-state index contributed by atoms with van der Waals surface area (Å²) in [5, 5.41) is 11.5. The van der Waals surface area contributed by atoms with Crippen LogP contribution in [-0.2, 0) is 7.05 Å². The van der Waals surface area contributed by atoms with Gasteiger partial charge in [-0.15, -0.1) is 0 Å². The van der Waals surface area contributed by atoms with Gasteiger partial charge in [-0.3, -0.25) is 9.59 Å². The summed E-state index contributed by atoms with van der Waals surface area (Å²) in [6, 6.07) is 4.87. The van der Waals surface area contributed by atoms with Crippen LogP contribution in [0, 0.1) is 5.82 Å². The van der Waals surface area contributed by atoms with Gasteiger partial charge in [-0.1, -0.05) is 0 Å². The fourth-order valence-corrected chi connectivity index (χ4v) is 1.77. The highest BCUT2D eigenvalue weighted by atomic mass is 19.1. The minimum atomic E-state index is -0.737. The number of carbonyl (C=O) groups excluding carboxylic acids is 2. The number of benzene rings is 1. The molecular weight excluding hydrogens is 263 g/mol. The van der Waals surface area contributed by atoms with Crippen molar-refractivity contribution in [1.82, 2.24) is 4.57 Å². The molecule has 0 fully saturated rings. The number of phenolic OH excluding ortho intramolecular Hbond substituents is 1. The summed E-state index contributed by atoms with van der Waals surface area (Å²) in [5.74, 6) is -1.65. The zero-order chi connectivity index (χ0) is 14.9. The summed E-state index contributed by atoms with van der Waals surface area (Å²) < 4.78 is 15.0. The Morgan fingerprint density at radius 2 is 2.00 bits per heavy atom. The molecule has 1 aromatic heterocycles. The monoisotopic (exact) mass is 276 g/mol. The summed E-state index contributed by atoms with van der Waals surface area (Å²) in [6.07, 6.45) is 1.53. The number of rotatable bonds is 3. The Hall–Kier alpha value is -2.63. The number of hydrogen-bond acceptors (Lipinski definition) is 3. The van der Waals surface area contributed by atoms with E-state index in [2.05, 4.69) is 5.32 Å². The van der Waals surface area contributed by atoms with Crippen LogP contribution in [0.25, 0.3) is 0 Å². The van der Waals surface area contributed by atoms with Gasteiger partial charge in [0.2, 0.25) is 0 Å². The molecule has 0 aliphatic heterocycles. The average molecular weight is 276 g/mol. The molecule has 0 aliphatic rings. The number of halogens is 1. The molecule has 1 heterocycles. The molecule has 104 valence electrons. The molecule has 0 radical (unpaired) electrons. The quantitative estimate of drug-likeness (QED) is 0.667. The molecule has 0 saturated carbocycles. The average Bonchev–Trinajstić information content (AvgIpc) is 2.75. The van der Waals surface area contributed by atoms with E-state index in [4.69, 9.17) is 5.11 Å². The van der Waals surface area contributed by atoms with E-state index >= 15 is 0 Å². The molecule has 0 spiro atoms. The number of aryl methyl sites for hydroxylation is 1. The first-order chi connectivity index (χ1) is 9.38. The van der Waals surface area contributed by atoms with Crippen LogP contribution in [0.4, 0.5) is 10.1 Å². The Kier molecular flexibility index (Phi) is 3.56. The van der Waals surface area contributed by atoms with E-state index < -0.39 is 11.7 Å². The highest BCUT2D eigenvalue weighted by molar-refractivity contribution is 6.05. The molecule has 5 nitrogen and oxygen atoms in total. The van der Waals surface area contributed by atoms with Gasteiger partial charge in [-0.2, -0.15) is 0 Å². The van der Waals surface area contributed by atoms with Gasteiger partial charge in [-0.25, -0.2) is 4.39 Å². The van der Waals surface area contributed by atoms with Crippen molar-refractivity contribution in [3.63, 3.8) is 0 Å². The van der Waals surface area contributed by atoms with Gasteiger partial charge < -0.3 is 15.0 Å². The topological polar surface area (TPSA) is 71.3 Å². The normalized spacial score (nSPS) is 10.3. The number of aromatic nitrogens is 1. The third kappa shape index (κ3) is 2.69. The number of Topliss-reactive ketones (excluding diaryl/α,β-unsaturated/α-hetero) is 1. The predicted octanol–water partition coefficient (Wildman–Crippen LogP) is 2.32.